The topological polar surface area (TPSA) is 60.8 Å². The van der Waals surface area contributed by atoms with Crippen LogP contribution in [0.25, 0.3) is 0 Å². The minimum atomic E-state index is -0.918. The lowest BCUT2D eigenvalue weighted by Crippen LogP contribution is -2.19. The van der Waals surface area contributed by atoms with Gasteiger partial charge >= 0.3 is 5.97 Å². The molecule has 1 unspecified atom stereocenters. The lowest BCUT2D eigenvalue weighted by molar-refractivity contribution is -0.138. The third-order valence-corrected chi connectivity index (χ3v) is 3.63. The van der Waals surface area contributed by atoms with Gasteiger partial charge in [0, 0.05) is 30.4 Å². The van der Waals surface area contributed by atoms with E-state index in [2.05, 4.69) is 4.90 Å². The third kappa shape index (κ3) is 2.28. The summed E-state index contributed by atoms with van der Waals surface area (Å²) in [5.41, 5.74) is 2.53. The van der Waals surface area contributed by atoms with E-state index in [9.17, 15) is 9.90 Å². The summed E-state index contributed by atoms with van der Waals surface area (Å²) >= 11 is 0. The van der Waals surface area contributed by atoms with E-state index in [0.717, 1.165) is 24.3 Å². The van der Waals surface area contributed by atoms with Crippen LogP contribution in [0.2, 0.25) is 0 Å². The smallest absolute Gasteiger partial charge is 0.310 e. The summed E-state index contributed by atoms with van der Waals surface area (Å²) in [7, 11) is 0. The minimum absolute atomic E-state index is 0.0809. The predicted molar refractivity (Wildman–Crippen MR) is 70.3 cm³/mol. The van der Waals surface area contributed by atoms with Crippen LogP contribution in [0.5, 0.6) is 5.75 Å². The van der Waals surface area contributed by atoms with Crippen LogP contribution in [-0.2, 0) is 4.79 Å². The van der Waals surface area contributed by atoms with E-state index in [0.29, 0.717) is 5.56 Å². The summed E-state index contributed by atoms with van der Waals surface area (Å²) in [6.07, 6.45) is 2.35. The van der Waals surface area contributed by atoms with E-state index in [-0.39, 0.29) is 5.75 Å². The molecule has 18 heavy (non-hydrogen) atoms. The molecular formula is C14H19NO3. The average Bonchev–Trinajstić information content (AvgIpc) is 2.84. The fourth-order valence-electron chi connectivity index (χ4n) is 2.49. The molecule has 0 radical (unpaired) electrons. The first kappa shape index (κ1) is 12.7. The number of anilines is 1. The van der Waals surface area contributed by atoms with Crippen molar-refractivity contribution >= 4 is 11.7 Å². The summed E-state index contributed by atoms with van der Waals surface area (Å²) in [5, 5.41) is 19.0. The summed E-state index contributed by atoms with van der Waals surface area (Å²) in [6.45, 7) is 5.57. The van der Waals surface area contributed by atoms with Crippen molar-refractivity contribution in [2.75, 3.05) is 18.0 Å². The van der Waals surface area contributed by atoms with E-state index in [1.807, 2.05) is 6.92 Å². The number of carboxylic acid groups (broad SMARTS) is 1. The third-order valence-electron chi connectivity index (χ3n) is 3.63. The van der Waals surface area contributed by atoms with E-state index >= 15 is 0 Å². The Labute approximate surface area is 107 Å². The van der Waals surface area contributed by atoms with Crippen LogP contribution in [0.3, 0.4) is 0 Å². The number of rotatable bonds is 3. The second-order valence-corrected chi connectivity index (χ2v) is 4.95. The molecule has 0 aliphatic carbocycles. The second kappa shape index (κ2) is 4.88. The Balaban J connectivity index is 2.37. The molecule has 1 heterocycles. The number of benzene rings is 1. The molecule has 2 rings (SSSR count). The van der Waals surface area contributed by atoms with E-state index < -0.39 is 11.9 Å². The quantitative estimate of drug-likeness (QED) is 0.864. The van der Waals surface area contributed by atoms with E-state index in [1.54, 1.807) is 19.1 Å². The van der Waals surface area contributed by atoms with E-state index in [4.69, 9.17) is 5.11 Å². The summed E-state index contributed by atoms with van der Waals surface area (Å²) < 4.78 is 0. The molecule has 0 saturated carbocycles. The van der Waals surface area contributed by atoms with Crippen LogP contribution in [0.1, 0.15) is 36.8 Å². The molecule has 0 bridgehead atoms. The van der Waals surface area contributed by atoms with Gasteiger partial charge in [0.15, 0.2) is 0 Å². The van der Waals surface area contributed by atoms with Crippen molar-refractivity contribution in [3.05, 3.63) is 23.3 Å². The van der Waals surface area contributed by atoms with Gasteiger partial charge in [0.1, 0.15) is 5.75 Å². The molecule has 1 atom stereocenters. The fourth-order valence-corrected chi connectivity index (χ4v) is 2.49. The fraction of sp³-hybridized carbons (Fsp3) is 0.500. The van der Waals surface area contributed by atoms with Crippen LogP contribution in [0.4, 0.5) is 5.69 Å². The van der Waals surface area contributed by atoms with Crippen molar-refractivity contribution in [1.82, 2.24) is 0 Å². The number of carbonyl (C=O) groups is 1. The SMILES string of the molecule is Cc1cc(C(C)C(=O)O)c(O)cc1N1CCCC1. The highest BCUT2D eigenvalue weighted by atomic mass is 16.4. The second-order valence-electron chi connectivity index (χ2n) is 4.95. The summed E-state index contributed by atoms with van der Waals surface area (Å²) in [5.74, 6) is -1.52. The molecule has 2 N–H and O–H groups in total. The number of hydrogen-bond acceptors (Lipinski definition) is 3. The molecule has 1 aromatic carbocycles. The van der Waals surface area contributed by atoms with Crippen LogP contribution in [0, 0.1) is 6.92 Å². The van der Waals surface area contributed by atoms with Crippen molar-refractivity contribution in [1.29, 1.82) is 0 Å². The van der Waals surface area contributed by atoms with Gasteiger partial charge in [-0.2, -0.15) is 0 Å². The van der Waals surface area contributed by atoms with Gasteiger partial charge in [-0.05, 0) is 38.3 Å². The number of aryl methyl sites for hydroxylation is 1. The molecule has 4 nitrogen and oxygen atoms in total. The Hall–Kier alpha value is -1.71. The van der Waals surface area contributed by atoms with Crippen molar-refractivity contribution in [2.45, 2.75) is 32.6 Å². The van der Waals surface area contributed by atoms with Crippen LogP contribution in [-0.4, -0.2) is 29.3 Å². The van der Waals surface area contributed by atoms with Crippen LogP contribution >= 0.6 is 0 Å². The van der Waals surface area contributed by atoms with Gasteiger partial charge in [0.2, 0.25) is 0 Å². The lowest BCUT2D eigenvalue weighted by Gasteiger charge is -2.22. The van der Waals surface area contributed by atoms with Crippen molar-refractivity contribution in [3.8, 4) is 5.75 Å². The van der Waals surface area contributed by atoms with Gasteiger partial charge in [-0.25, -0.2) is 0 Å². The molecular weight excluding hydrogens is 230 g/mol. The number of nitrogens with zero attached hydrogens (tertiary/aromatic N) is 1. The first-order chi connectivity index (χ1) is 8.50. The summed E-state index contributed by atoms with van der Waals surface area (Å²) in [6, 6.07) is 3.50. The molecule has 1 saturated heterocycles. The molecule has 1 aromatic rings. The predicted octanol–water partition coefficient (Wildman–Crippen LogP) is 2.49. The van der Waals surface area contributed by atoms with Gasteiger partial charge in [-0.1, -0.05) is 0 Å². The number of aliphatic carboxylic acids is 1. The van der Waals surface area contributed by atoms with Gasteiger partial charge in [-0.15, -0.1) is 0 Å². The number of aromatic hydroxyl groups is 1. The zero-order valence-corrected chi connectivity index (χ0v) is 10.8. The molecule has 1 aliphatic rings. The molecule has 98 valence electrons. The van der Waals surface area contributed by atoms with Crippen LogP contribution in [0.15, 0.2) is 12.1 Å². The number of hydrogen-bond donors (Lipinski definition) is 2. The van der Waals surface area contributed by atoms with Crippen molar-refractivity contribution in [3.63, 3.8) is 0 Å². The number of carboxylic acids is 1. The Morgan fingerprint density at radius 2 is 1.94 bits per heavy atom. The highest BCUT2D eigenvalue weighted by molar-refractivity contribution is 5.77. The minimum Gasteiger partial charge on any atom is -0.508 e. The Kier molecular flexibility index (Phi) is 3.45. The van der Waals surface area contributed by atoms with Crippen LogP contribution < -0.4 is 4.90 Å². The van der Waals surface area contributed by atoms with Gasteiger partial charge in [0.25, 0.3) is 0 Å². The zero-order valence-electron chi connectivity index (χ0n) is 10.8. The summed E-state index contributed by atoms with van der Waals surface area (Å²) in [4.78, 5) is 13.2. The number of phenols is 1. The van der Waals surface area contributed by atoms with Crippen molar-refractivity contribution in [2.24, 2.45) is 0 Å². The maximum Gasteiger partial charge on any atom is 0.310 e. The Morgan fingerprint density at radius 3 is 2.50 bits per heavy atom. The van der Waals surface area contributed by atoms with Gasteiger partial charge in [-0.3, -0.25) is 4.79 Å². The average molecular weight is 249 g/mol. The molecule has 0 aromatic heterocycles. The highest BCUT2D eigenvalue weighted by Gasteiger charge is 2.21. The molecule has 0 spiro atoms. The normalized spacial score (nSPS) is 16.9. The molecule has 0 amide bonds. The van der Waals surface area contributed by atoms with Gasteiger partial charge in [0.05, 0.1) is 5.92 Å². The Morgan fingerprint density at radius 1 is 1.33 bits per heavy atom. The largest absolute Gasteiger partial charge is 0.508 e. The maximum absolute atomic E-state index is 11.0. The first-order valence-corrected chi connectivity index (χ1v) is 6.32. The Bertz CT molecular complexity index is 464. The van der Waals surface area contributed by atoms with Crippen molar-refractivity contribution < 1.29 is 15.0 Å². The monoisotopic (exact) mass is 249 g/mol. The maximum atomic E-state index is 11.0. The molecule has 1 aliphatic heterocycles. The highest BCUT2D eigenvalue weighted by Crippen LogP contribution is 2.34. The lowest BCUT2D eigenvalue weighted by atomic mass is 9.97. The zero-order chi connectivity index (χ0) is 13.3. The molecule has 1 fully saturated rings. The first-order valence-electron chi connectivity index (χ1n) is 6.32. The van der Waals surface area contributed by atoms with Gasteiger partial charge < -0.3 is 15.1 Å². The van der Waals surface area contributed by atoms with E-state index in [1.165, 1.54) is 12.8 Å². The standard InChI is InChI=1S/C14H19NO3/c1-9-7-11(10(2)14(17)18)13(16)8-12(9)15-5-3-4-6-15/h7-8,10,16H,3-6H2,1-2H3,(H,17,18). The number of phenolic OH excluding ortho intramolecular Hbond substituents is 1. The molecule has 4 heteroatoms.